The minimum Gasteiger partial charge on any atom is -0.489 e. The molecule has 0 bridgehead atoms. The Balaban J connectivity index is 0.000000204. The molecule has 60 heavy (non-hydrogen) atoms. The summed E-state index contributed by atoms with van der Waals surface area (Å²) >= 11 is 25.2. The minimum atomic E-state index is -1.05. The maximum Gasteiger partial charge on any atom is 0.325 e. The number of aryl methyl sites for hydroxylation is 2. The highest BCUT2D eigenvalue weighted by Gasteiger charge is 2.32. The summed E-state index contributed by atoms with van der Waals surface area (Å²) in [6.45, 7) is 10.2. The summed E-state index contributed by atoms with van der Waals surface area (Å²) in [6.07, 6.45) is 2.77. The quantitative estimate of drug-likeness (QED) is 0.0833. The van der Waals surface area contributed by atoms with E-state index in [9.17, 15) is 23.6 Å². The lowest BCUT2D eigenvalue weighted by atomic mass is 10.0. The van der Waals surface area contributed by atoms with Crippen molar-refractivity contribution in [3.8, 4) is 5.75 Å². The number of esters is 1. The van der Waals surface area contributed by atoms with Gasteiger partial charge >= 0.3 is 10.8 Å². The van der Waals surface area contributed by atoms with Crippen LogP contribution in [0.2, 0.25) is 5.02 Å². The Hall–Kier alpha value is -3.57. The van der Waals surface area contributed by atoms with Gasteiger partial charge in [0.1, 0.15) is 29.7 Å². The Morgan fingerprint density at radius 2 is 1.78 bits per heavy atom. The van der Waals surface area contributed by atoms with Crippen LogP contribution in [-0.4, -0.2) is 83.1 Å². The SMILES string of the molecule is CC1COc2ccccc2N1C(=O)C(Cl)Cl.CCc1cccc(C)c1N(C(=O)CCl)C(C)COC.COC(=O)CSc1cc(/N=c2\sc(=O)n3n2CCCC3)c(F)cc1Cl. The van der Waals surface area contributed by atoms with Gasteiger partial charge < -0.3 is 24.0 Å². The number of benzene rings is 3. The summed E-state index contributed by atoms with van der Waals surface area (Å²) < 4.78 is 32.9. The molecular weight excluding hydrogens is 899 g/mol. The maximum absolute atomic E-state index is 14.3. The molecule has 2 aliphatic rings. The molecule has 3 heterocycles. The van der Waals surface area contributed by atoms with E-state index in [1.54, 1.807) is 26.3 Å². The third-order valence-electron chi connectivity index (χ3n) is 9.33. The molecule has 2 unspecified atom stereocenters. The van der Waals surface area contributed by atoms with Crippen LogP contribution in [-0.2, 0) is 43.4 Å². The van der Waals surface area contributed by atoms with Gasteiger partial charge in [-0.2, -0.15) is 0 Å². The number of ether oxygens (including phenoxy) is 3. The molecule has 3 aromatic carbocycles. The molecular formula is C41H48Cl4FN5O7S2. The van der Waals surface area contributed by atoms with Gasteiger partial charge in [-0.3, -0.25) is 23.9 Å². The standard InChI is InChI=1S/C15H15ClFN3O3S2.C15H22ClNO2.C11H11Cl2NO2/c1-23-13(21)8-24-12-7-11(10(17)6-9(12)16)18-14-19-4-2-3-5-20(19)15(22)25-14;1-5-13-8-6-7-11(2)15(13)17(14(18)9-16)12(3)10-19-4;1-7-6-16-9-5-3-2-4-8(9)14(7)11(15)10(12)13/h6-7H,2-5,8H2,1H3;6-8,12H,5,9-10H2,1-4H3;2-5,7,10H,6H2,1H3/b18-14-;;. The number of halogens is 5. The second kappa shape index (κ2) is 23.6. The summed E-state index contributed by atoms with van der Waals surface area (Å²) in [5, 5.41) is 0.199. The minimum absolute atomic E-state index is 0.0223. The van der Waals surface area contributed by atoms with E-state index in [1.807, 2.05) is 57.2 Å². The molecule has 6 rings (SSSR count). The first-order valence-corrected chi connectivity index (χ1v) is 22.6. The third kappa shape index (κ3) is 12.5. The largest absolute Gasteiger partial charge is 0.489 e. The van der Waals surface area contributed by atoms with Crippen molar-refractivity contribution in [3.63, 3.8) is 0 Å². The third-order valence-corrected chi connectivity index (χ3v) is 12.3. The number of fused-ring (bicyclic) bond motifs is 2. The first-order valence-electron chi connectivity index (χ1n) is 19.0. The Morgan fingerprint density at radius 3 is 2.43 bits per heavy atom. The second-order valence-corrected chi connectivity index (χ2v) is 17.3. The van der Waals surface area contributed by atoms with Gasteiger partial charge in [0.25, 0.3) is 5.91 Å². The fraction of sp³-hybridized carbons (Fsp3) is 0.439. The highest BCUT2D eigenvalue weighted by molar-refractivity contribution is 8.00. The Bertz CT molecular complexity index is 2250. The molecule has 0 radical (unpaired) electrons. The number of amides is 2. The van der Waals surface area contributed by atoms with E-state index in [1.165, 1.54) is 13.2 Å². The average Bonchev–Trinajstić information content (AvgIpc) is 3.56. The number of aromatic nitrogens is 2. The fourth-order valence-electron chi connectivity index (χ4n) is 6.49. The Morgan fingerprint density at radius 1 is 1.08 bits per heavy atom. The molecule has 0 N–H and O–H groups in total. The normalized spacial score (nSPS) is 15.0. The molecule has 0 aliphatic carbocycles. The number of rotatable bonds is 11. The summed E-state index contributed by atoms with van der Waals surface area (Å²) in [6, 6.07) is 16.0. The van der Waals surface area contributed by atoms with Gasteiger partial charge in [-0.1, -0.05) is 72.1 Å². The molecule has 12 nitrogen and oxygen atoms in total. The Labute approximate surface area is 377 Å². The number of hydrogen-bond acceptors (Lipinski definition) is 10. The van der Waals surface area contributed by atoms with Crippen molar-refractivity contribution in [2.45, 2.75) is 81.9 Å². The van der Waals surface area contributed by atoms with E-state index in [2.05, 4.69) is 22.7 Å². The topological polar surface area (TPSA) is 125 Å². The van der Waals surface area contributed by atoms with Crippen LogP contribution in [0.25, 0.3) is 0 Å². The zero-order valence-electron chi connectivity index (χ0n) is 34.1. The number of carbonyl (C=O) groups is 3. The van der Waals surface area contributed by atoms with Crippen molar-refractivity contribution >= 4 is 104 Å². The van der Waals surface area contributed by atoms with Crippen molar-refractivity contribution in [3.05, 3.63) is 91.0 Å². The lowest BCUT2D eigenvalue weighted by Gasteiger charge is -2.35. The van der Waals surface area contributed by atoms with E-state index in [-0.39, 0.29) is 51.1 Å². The van der Waals surface area contributed by atoms with Crippen molar-refractivity contribution in [1.29, 1.82) is 0 Å². The van der Waals surface area contributed by atoms with E-state index in [0.717, 1.165) is 70.9 Å². The van der Waals surface area contributed by atoms with Crippen molar-refractivity contribution in [2.24, 2.45) is 4.99 Å². The van der Waals surface area contributed by atoms with Crippen LogP contribution in [0.3, 0.4) is 0 Å². The van der Waals surface area contributed by atoms with Gasteiger partial charge in [-0.05, 0) is 86.8 Å². The highest BCUT2D eigenvalue weighted by atomic mass is 35.5. The predicted molar refractivity (Wildman–Crippen MR) is 240 cm³/mol. The molecule has 2 atom stereocenters. The zero-order chi connectivity index (χ0) is 44.1. The lowest BCUT2D eigenvalue weighted by molar-refractivity contribution is -0.137. The number of methoxy groups -OCH3 is 2. The fourth-order valence-corrected chi connectivity index (χ4v) is 8.82. The molecule has 19 heteroatoms. The molecule has 4 aromatic rings. The van der Waals surface area contributed by atoms with Crippen molar-refractivity contribution in [2.75, 3.05) is 48.9 Å². The number of carbonyl (C=O) groups excluding carboxylic acids is 3. The molecule has 0 saturated carbocycles. The molecule has 1 aromatic heterocycles. The average molecular weight is 948 g/mol. The van der Waals surface area contributed by atoms with Gasteiger partial charge in [-0.15, -0.1) is 23.4 Å². The van der Waals surface area contributed by atoms with E-state index >= 15 is 0 Å². The molecule has 0 spiro atoms. The second-order valence-electron chi connectivity index (χ2n) is 13.6. The number of anilines is 2. The molecule has 2 aliphatic heterocycles. The monoisotopic (exact) mass is 945 g/mol. The molecule has 2 amide bonds. The van der Waals surface area contributed by atoms with Crippen LogP contribution >= 0.6 is 69.5 Å². The van der Waals surface area contributed by atoms with Gasteiger partial charge in [0.15, 0.2) is 4.84 Å². The molecule has 326 valence electrons. The Kier molecular flexibility index (Phi) is 19.3. The maximum atomic E-state index is 14.3. The lowest BCUT2D eigenvalue weighted by Crippen LogP contribution is -2.47. The van der Waals surface area contributed by atoms with Gasteiger partial charge in [-0.25, -0.2) is 14.1 Å². The number of hydrogen-bond donors (Lipinski definition) is 0. The molecule has 0 saturated heterocycles. The van der Waals surface area contributed by atoms with E-state index in [4.69, 9.17) is 55.9 Å². The first-order chi connectivity index (χ1) is 28.7. The van der Waals surface area contributed by atoms with Crippen molar-refractivity contribution < 1.29 is 33.0 Å². The molecule has 0 fully saturated rings. The van der Waals surface area contributed by atoms with Gasteiger partial charge in [0, 0.05) is 25.1 Å². The smallest absolute Gasteiger partial charge is 0.325 e. The van der Waals surface area contributed by atoms with Crippen LogP contribution in [0.4, 0.5) is 21.5 Å². The summed E-state index contributed by atoms with van der Waals surface area (Å²) in [5.74, 6) is -0.663. The van der Waals surface area contributed by atoms with Crippen LogP contribution < -0.4 is 24.2 Å². The summed E-state index contributed by atoms with van der Waals surface area (Å²) in [7, 11) is 2.93. The number of para-hydroxylation sites is 3. The number of alkyl halides is 3. The van der Waals surface area contributed by atoms with E-state index < -0.39 is 16.6 Å². The first kappa shape index (κ1) is 49.1. The highest BCUT2D eigenvalue weighted by Crippen LogP contribution is 2.35. The van der Waals surface area contributed by atoms with E-state index in [0.29, 0.717) is 41.7 Å². The van der Waals surface area contributed by atoms with Crippen molar-refractivity contribution in [1.82, 2.24) is 9.36 Å². The van der Waals surface area contributed by atoms with Crippen LogP contribution in [0.1, 0.15) is 44.7 Å². The van der Waals surface area contributed by atoms with Gasteiger partial charge in [0.2, 0.25) is 10.7 Å². The summed E-state index contributed by atoms with van der Waals surface area (Å²) in [5.41, 5.74) is 4.01. The number of thioether (sulfide) groups is 1. The van der Waals surface area contributed by atoms with Crippen LogP contribution in [0, 0.1) is 12.7 Å². The van der Waals surface area contributed by atoms with Crippen LogP contribution in [0.5, 0.6) is 5.75 Å². The predicted octanol–water partition coefficient (Wildman–Crippen LogP) is 8.56. The summed E-state index contributed by atoms with van der Waals surface area (Å²) in [4.78, 5) is 54.9. The van der Waals surface area contributed by atoms with Gasteiger partial charge in [0.05, 0.1) is 48.0 Å². The zero-order valence-corrected chi connectivity index (χ0v) is 38.7. The van der Waals surface area contributed by atoms with Crippen LogP contribution in [0.15, 0.2) is 69.3 Å². The number of nitrogens with zero attached hydrogens (tertiary/aromatic N) is 5.